The number of nitriles is 1. The molecule has 1 unspecified atom stereocenters. The zero-order chi connectivity index (χ0) is 10.8. The van der Waals surface area contributed by atoms with Gasteiger partial charge in [-0.15, -0.1) is 0 Å². The summed E-state index contributed by atoms with van der Waals surface area (Å²) in [5.41, 5.74) is -0.197. The van der Waals surface area contributed by atoms with Crippen molar-refractivity contribution in [1.82, 2.24) is 4.31 Å². The van der Waals surface area contributed by atoms with Gasteiger partial charge in [0, 0.05) is 18.3 Å². The molecule has 0 radical (unpaired) electrons. The molecule has 1 rings (SSSR count). The van der Waals surface area contributed by atoms with Crippen molar-refractivity contribution in [3.63, 3.8) is 0 Å². The van der Waals surface area contributed by atoms with E-state index < -0.39 is 11.0 Å². The van der Waals surface area contributed by atoms with Crippen LogP contribution in [0.25, 0.3) is 0 Å². The Morgan fingerprint density at radius 2 is 1.93 bits per heavy atom. The molecule has 1 heterocycles. The standard InChI is InChI=1S/C10H18N2OS/c1-9(2)14(13)12-6-4-10(3,8-11)5-7-12/h9H,4-7H2,1-3H3. The summed E-state index contributed by atoms with van der Waals surface area (Å²) in [6.45, 7) is 7.49. The molecule has 1 aliphatic heterocycles. The molecule has 0 aliphatic carbocycles. The minimum Gasteiger partial charge on any atom is -0.242 e. The van der Waals surface area contributed by atoms with Gasteiger partial charge < -0.3 is 0 Å². The van der Waals surface area contributed by atoms with Gasteiger partial charge in [0.15, 0.2) is 0 Å². The largest absolute Gasteiger partial charge is 0.242 e. The van der Waals surface area contributed by atoms with Gasteiger partial charge in [-0.2, -0.15) is 5.26 Å². The zero-order valence-corrected chi connectivity index (χ0v) is 9.93. The van der Waals surface area contributed by atoms with Crippen molar-refractivity contribution in [1.29, 1.82) is 5.26 Å². The van der Waals surface area contributed by atoms with E-state index in [9.17, 15) is 4.21 Å². The Hall–Kier alpha value is -0.400. The van der Waals surface area contributed by atoms with Gasteiger partial charge in [0.05, 0.1) is 22.5 Å². The van der Waals surface area contributed by atoms with Crippen LogP contribution in [0.2, 0.25) is 0 Å². The second-order valence-corrected chi connectivity index (χ2v) is 6.44. The Morgan fingerprint density at radius 3 is 2.29 bits per heavy atom. The van der Waals surface area contributed by atoms with Crippen LogP contribution in [0, 0.1) is 16.7 Å². The molecule has 0 aromatic carbocycles. The minimum absolute atomic E-state index is 0.182. The Kier molecular flexibility index (Phi) is 3.68. The van der Waals surface area contributed by atoms with E-state index in [1.807, 2.05) is 25.1 Å². The third-order valence-electron chi connectivity index (χ3n) is 2.75. The molecule has 0 bridgehead atoms. The lowest BCUT2D eigenvalue weighted by atomic mass is 9.83. The number of hydrogen-bond acceptors (Lipinski definition) is 2. The average Bonchev–Trinajstić information content (AvgIpc) is 2.18. The van der Waals surface area contributed by atoms with Gasteiger partial charge in [-0.3, -0.25) is 0 Å². The Bertz CT molecular complexity index is 262. The number of piperidine rings is 1. The van der Waals surface area contributed by atoms with Gasteiger partial charge >= 0.3 is 0 Å². The SMILES string of the molecule is CC(C)S(=O)N1CCC(C)(C#N)CC1. The Labute approximate surface area is 88.7 Å². The molecule has 80 valence electrons. The lowest BCUT2D eigenvalue weighted by Gasteiger charge is -2.34. The number of nitrogens with zero attached hydrogens (tertiary/aromatic N) is 2. The highest BCUT2D eigenvalue weighted by Crippen LogP contribution is 2.30. The molecule has 14 heavy (non-hydrogen) atoms. The summed E-state index contributed by atoms with van der Waals surface area (Å²) in [5.74, 6) is 0. The monoisotopic (exact) mass is 214 g/mol. The fourth-order valence-electron chi connectivity index (χ4n) is 1.57. The van der Waals surface area contributed by atoms with Crippen LogP contribution < -0.4 is 0 Å². The molecule has 0 spiro atoms. The Morgan fingerprint density at radius 1 is 1.43 bits per heavy atom. The van der Waals surface area contributed by atoms with E-state index in [2.05, 4.69) is 6.07 Å². The number of rotatable bonds is 2. The van der Waals surface area contributed by atoms with Crippen molar-refractivity contribution in [2.24, 2.45) is 5.41 Å². The van der Waals surface area contributed by atoms with E-state index >= 15 is 0 Å². The topological polar surface area (TPSA) is 44.1 Å². The molecule has 1 atom stereocenters. The fourth-order valence-corrected chi connectivity index (χ4v) is 2.71. The van der Waals surface area contributed by atoms with Crippen molar-refractivity contribution >= 4 is 11.0 Å². The normalized spacial score (nSPS) is 24.5. The molecule has 4 heteroatoms. The molecule has 1 aliphatic rings. The summed E-state index contributed by atoms with van der Waals surface area (Å²) in [4.78, 5) is 0. The summed E-state index contributed by atoms with van der Waals surface area (Å²) in [7, 11) is -0.869. The first kappa shape index (κ1) is 11.7. The third kappa shape index (κ3) is 2.55. The molecule has 1 fully saturated rings. The highest BCUT2D eigenvalue weighted by atomic mass is 32.2. The average molecular weight is 214 g/mol. The van der Waals surface area contributed by atoms with Crippen molar-refractivity contribution in [2.45, 2.75) is 38.9 Å². The lowest BCUT2D eigenvalue weighted by molar-refractivity contribution is 0.238. The highest BCUT2D eigenvalue weighted by Gasteiger charge is 2.32. The molecular formula is C10H18N2OS. The highest BCUT2D eigenvalue weighted by molar-refractivity contribution is 7.83. The molecule has 3 nitrogen and oxygen atoms in total. The molecular weight excluding hydrogens is 196 g/mol. The van der Waals surface area contributed by atoms with Crippen molar-refractivity contribution in [3.8, 4) is 6.07 Å². The molecule has 0 amide bonds. The molecule has 0 saturated carbocycles. The van der Waals surface area contributed by atoms with Crippen molar-refractivity contribution in [2.75, 3.05) is 13.1 Å². The molecule has 0 aromatic rings. The van der Waals surface area contributed by atoms with Gasteiger partial charge in [0.1, 0.15) is 0 Å². The van der Waals surface area contributed by atoms with Crippen molar-refractivity contribution in [3.05, 3.63) is 0 Å². The van der Waals surface area contributed by atoms with Crippen LogP contribution in [-0.2, 0) is 11.0 Å². The maximum Gasteiger partial charge on any atom is 0.0968 e. The van der Waals surface area contributed by atoms with Crippen LogP contribution in [0.3, 0.4) is 0 Å². The van der Waals surface area contributed by atoms with E-state index in [1.165, 1.54) is 0 Å². The lowest BCUT2D eigenvalue weighted by Crippen LogP contribution is -2.41. The van der Waals surface area contributed by atoms with Crippen LogP contribution in [0.1, 0.15) is 33.6 Å². The summed E-state index contributed by atoms with van der Waals surface area (Å²) in [5, 5.41) is 9.12. The quantitative estimate of drug-likeness (QED) is 0.702. The van der Waals surface area contributed by atoms with Gasteiger partial charge in [-0.05, 0) is 33.6 Å². The zero-order valence-electron chi connectivity index (χ0n) is 9.12. The van der Waals surface area contributed by atoms with E-state index in [0.717, 1.165) is 25.9 Å². The van der Waals surface area contributed by atoms with E-state index in [0.29, 0.717) is 0 Å². The molecule has 0 N–H and O–H groups in total. The minimum atomic E-state index is -0.869. The van der Waals surface area contributed by atoms with Crippen LogP contribution in [0.5, 0.6) is 0 Å². The predicted molar refractivity (Wildman–Crippen MR) is 57.8 cm³/mol. The first-order valence-corrected chi connectivity index (χ1v) is 6.22. The Balaban J connectivity index is 2.52. The van der Waals surface area contributed by atoms with Crippen LogP contribution in [0.4, 0.5) is 0 Å². The first-order valence-electron chi connectivity index (χ1n) is 5.05. The molecule has 0 aromatic heterocycles. The second-order valence-electron chi connectivity index (χ2n) is 4.43. The number of hydrogen-bond donors (Lipinski definition) is 0. The summed E-state index contributed by atoms with van der Waals surface area (Å²) < 4.78 is 13.7. The predicted octanol–water partition coefficient (Wildman–Crippen LogP) is 1.68. The second kappa shape index (κ2) is 4.41. The summed E-state index contributed by atoms with van der Waals surface area (Å²) >= 11 is 0. The first-order chi connectivity index (χ1) is 6.48. The van der Waals surface area contributed by atoms with E-state index in [-0.39, 0.29) is 10.7 Å². The van der Waals surface area contributed by atoms with E-state index in [1.54, 1.807) is 0 Å². The third-order valence-corrected chi connectivity index (χ3v) is 4.43. The van der Waals surface area contributed by atoms with Gasteiger partial charge in [-0.25, -0.2) is 8.51 Å². The van der Waals surface area contributed by atoms with E-state index in [4.69, 9.17) is 5.26 Å². The van der Waals surface area contributed by atoms with Crippen LogP contribution in [0.15, 0.2) is 0 Å². The summed E-state index contributed by atoms with van der Waals surface area (Å²) in [6.07, 6.45) is 1.67. The molecule has 1 saturated heterocycles. The van der Waals surface area contributed by atoms with Crippen LogP contribution >= 0.6 is 0 Å². The smallest absolute Gasteiger partial charge is 0.0968 e. The van der Waals surface area contributed by atoms with Crippen molar-refractivity contribution < 1.29 is 4.21 Å². The van der Waals surface area contributed by atoms with Gasteiger partial charge in [0.25, 0.3) is 0 Å². The van der Waals surface area contributed by atoms with Gasteiger partial charge in [0.2, 0.25) is 0 Å². The maximum atomic E-state index is 11.8. The summed E-state index contributed by atoms with van der Waals surface area (Å²) in [6, 6.07) is 2.34. The van der Waals surface area contributed by atoms with Gasteiger partial charge in [-0.1, -0.05) is 0 Å². The maximum absolute atomic E-state index is 11.8. The fraction of sp³-hybridized carbons (Fsp3) is 0.900. The van der Waals surface area contributed by atoms with Crippen LogP contribution in [-0.4, -0.2) is 26.9 Å².